The lowest BCUT2D eigenvalue weighted by atomic mass is 10.0. The molecule has 4 rings (SSSR count). The second-order valence-corrected chi connectivity index (χ2v) is 9.33. The first-order valence-corrected chi connectivity index (χ1v) is 11.4. The van der Waals surface area contributed by atoms with Crippen LogP contribution in [0.3, 0.4) is 0 Å². The van der Waals surface area contributed by atoms with Crippen molar-refractivity contribution in [3.63, 3.8) is 0 Å². The zero-order chi connectivity index (χ0) is 20.4. The summed E-state index contributed by atoms with van der Waals surface area (Å²) in [5.41, 5.74) is 1.04. The lowest BCUT2D eigenvalue weighted by Gasteiger charge is -2.30. The number of nitrogens with one attached hydrogen (secondary N) is 1. The number of amides is 1. The number of thioether (sulfide) groups is 1. The molecule has 3 aromatic rings. The largest absolute Gasteiger partial charge is 0.348 e. The van der Waals surface area contributed by atoms with E-state index < -0.39 is 5.82 Å². The van der Waals surface area contributed by atoms with Crippen LogP contribution in [0.2, 0.25) is 5.02 Å². The Bertz CT molecular complexity index is 1050. The van der Waals surface area contributed by atoms with E-state index in [1.54, 1.807) is 11.3 Å². The van der Waals surface area contributed by atoms with Gasteiger partial charge in [-0.1, -0.05) is 41.6 Å². The molecule has 0 radical (unpaired) electrons. The van der Waals surface area contributed by atoms with Gasteiger partial charge in [-0.2, -0.15) is 4.98 Å². The molecule has 1 aromatic carbocycles. The molecular formula is C19H19ClFN5OS2. The van der Waals surface area contributed by atoms with Crippen LogP contribution in [0, 0.1) is 11.7 Å². The fraction of sp³-hybridized carbons (Fsp3) is 0.368. The Labute approximate surface area is 180 Å². The van der Waals surface area contributed by atoms with Gasteiger partial charge < -0.3 is 10.2 Å². The number of carbonyl (C=O) groups is 1. The Balaban J connectivity index is 1.45. The zero-order valence-corrected chi connectivity index (χ0v) is 18.1. The van der Waals surface area contributed by atoms with Crippen LogP contribution >= 0.6 is 34.7 Å². The minimum absolute atomic E-state index is 0.147. The van der Waals surface area contributed by atoms with E-state index in [2.05, 4.69) is 32.1 Å². The summed E-state index contributed by atoms with van der Waals surface area (Å²) in [5.74, 6) is 0.103. The first kappa shape index (κ1) is 20.3. The summed E-state index contributed by atoms with van der Waals surface area (Å²) in [5, 5.41) is 4.54. The van der Waals surface area contributed by atoms with Crippen LogP contribution in [0.5, 0.6) is 0 Å². The van der Waals surface area contributed by atoms with Crippen molar-refractivity contribution in [2.75, 3.05) is 29.1 Å². The molecule has 1 amide bonds. The molecule has 1 unspecified atom stereocenters. The Hall–Kier alpha value is -1.97. The number of fused-ring (bicyclic) bond motifs is 1. The van der Waals surface area contributed by atoms with Gasteiger partial charge in [-0.15, -0.1) is 0 Å². The summed E-state index contributed by atoms with van der Waals surface area (Å²) in [4.78, 5) is 27.9. The fourth-order valence-electron chi connectivity index (χ4n) is 3.23. The topological polar surface area (TPSA) is 71.0 Å². The van der Waals surface area contributed by atoms with Crippen molar-refractivity contribution in [3.8, 4) is 0 Å². The Morgan fingerprint density at radius 2 is 2.31 bits per heavy atom. The van der Waals surface area contributed by atoms with E-state index in [0.29, 0.717) is 17.3 Å². The quantitative estimate of drug-likeness (QED) is 0.442. The van der Waals surface area contributed by atoms with Crippen molar-refractivity contribution in [2.24, 2.45) is 5.92 Å². The third-order valence-corrected chi connectivity index (χ3v) is 7.16. The van der Waals surface area contributed by atoms with Crippen molar-refractivity contribution in [3.05, 3.63) is 35.4 Å². The first-order valence-electron chi connectivity index (χ1n) is 9.24. The Morgan fingerprint density at radius 1 is 1.45 bits per heavy atom. The number of aromatic nitrogens is 3. The van der Waals surface area contributed by atoms with Gasteiger partial charge in [0, 0.05) is 13.1 Å². The van der Waals surface area contributed by atoms with Crippen LogP contribution in [0.4, 0.5) is 15.2 Å². The monoisotopic (exact) mass is 451 g/mol. The van der Waals surface area contributed by atoms with E-state index in [0.717, 1.165) is 34.4 Å². The van der Waals surface area contributed by atoms with Gasteiger partial charge in [-0.3, -0.25) is 4.79 Å². The van der Waals surface area contributed by atoms with E-state index in [1.807, 2.05) is 0 Å². The van der Waals surface area contributed by atoms with E-state index in [9.17, 15) is 9.18 Å². The highest BCUT2D eigenvalue weighted by molar-refractivity contribution is 8.00. The molecule has 0 spiro atoms. The van der Waals surface area contributed by atoms with Crippen LogP contribution in [-0.2, 0) is 4.79 Å². The molecule has 0 saturated carbocycles. The zero-order valence-electron chi connectivity index (χ0n) is 15.7. The van der Waals surface area contributed by atoms with E-state index in [1.165, 1.54) is 42.7 Å². The number of rotatable bonds is 5. The van der Waals surface area contributed by atoms with Crippen molar-refractivity contribution < 1.29 is 9.18 Å². The standard InChI is InChI=1S/C19H19ClFN5OS2/c1-11-3-2-6-26(8-11)19-25-17-16(29-19)18(23-10-22-17)28-9-15(27)24-14-5-4-12(21)7-13(14)20/h4-5,7,10-11H,2-3,6,8-9H2,1H3,(H,24,27). The molecule has 2 aromatic heterocycles. The molecule has 1 fully saturated rings. The van der Waals surface area contributed by atoms with Crippen LogP contribution in [0.25, 0.3) is 10.3 Å². The van der Waals surface area contributed by atoms with Crippen molar-refractivity contribution >= 4 is 61.8 Å². The third kappa shape index (κ3) is 4.79. The third-order valence-electron chi connectivity index (χ3n) is 4.62. The lowest BCUT2D eigenvalue weighted by Crippen LogP contribution is -2.34. The lowest BCUT2D eigenvalue weighted by molar-refractivity contribution is -0.113. The minimum atomic E-state index is -0.449. The average Bonchev–Trinajstić information content (AvgIpc) is 3.13. The van der Waals surface area contributed by atoms with Gasteiger partial charge in [0.2, 0.25) is 5.91 Å². The highest BCUT2D eigenvalue weighted by Gasteiger charge is 2.21. The van der Waals surface area contributed by atoms with E-state index in [4.69, 9.17) is 11.6 Å². The summed E-state index contributed by atoms with van der Waals surface area (Å²) in [6.45, 7) is 4.25. The van der Waals surface area contributed by atoms with Crippen LogP contribution in [0.1, 0.15) is 19.8 Å². The highest BCUT2D eigenvalue weighted by Crippen LogP contribution is 2.35. The van der Waals surface area contributed by atoms with Crippen LogP contribution < -0.4 is 10.2 Å². The summed E-state index contributed by atoms with van der Waals surface area (Å²) in [7, 11) is 0. The molecule has 6 nitrogen and oxygen atoms in total. The summed E-state index contributed by atoms with van der Waals surface area (Å²) < 4.78 is 14.0. The molecule has 1 aliphatic heterocycles. The summed E-state index contributed by atoms with van der Waals surface area (Å²) in [6.07, 6.45) is 3.88. The molecule has 0 bridgehead atoms. The van der Waals surface area contributed by atoms with E-state index in [-0.39, 0.29) is 16.7 Å². The molecule has 1 N–H and O–H groups in total. The molecule has 1 atom stereocenters. The normalized spacial score (nSPS) is 16.9. The van der Waals surface area contributed by atoms with Crippen molar-refractivity contribution in [1.29, 1.82) is 0 Å². The molecule has 10 heteroatoms. The molecule has 1 saturated heterocycles. The summed E-state index contributed by atoms with van der Waals surface area (Å²) >= 11 is 8.85. The number of hydrogen-bond acceptors (Lipinski definition) is 7. The maximum absolute atomic E-state index is 13.1. The number of benzene rings is 1. The second kappa shape index (κ2) is 8.81. The van der Waals surface area contributed by atoms with E-state index >= 15 is 0 Å². The molecule has 0 aliphatic carbocycles. The predicted octanol–water partition coefficient (Wildman–Crippen LogP) is 4.85. The highest BCUT2D eigenvalue weighted by atomic mass is 35.5. The van der Waals surface area contributed by atoms with Crippen molar-refractivity contribution in [2.45, 2.75) is 24.8 Å². The smallest absolute Gasteiger partial charge is 0.234 e. The van der Waals surface area contributed by atoms with Gasteiger partial charge >= 0.3 is 0 Å². The van der Waals surface area contributed by atoms with Crippen LogP contribution in [-0.4, -0.2) is 39.7 Å². The minimum Gasteiger partial charge on any atom is -0.348 e. The van der Waals surface area contributed by atoms with Gasteiger partial charge in [0.15, 0.2) is 10.8 Å². The van der Waals surface area contributed by atoms with Gasteiger partial charge in [0.25, 0.3) is 0 Å². The van der Waals surface area contributed by atoms with Crippen molar-refractivity contribution in [1.82, 2.24) is 15.0 Å². The molecule has 152 valence electrons. The number of nitrogens with zero attached hydrogens (tertiary/aromatic N) is 4. The predicted molar refractivity (Wildman–Crippen MR) is 117 cm³/mol. The number of carbonyl (C=O) groups excluding carboxylic acids is 1. The van der Waals surface area contributed by atoms with Gasteiger partial charge in [-0.25, -0.2) is 14.4 Å². The average molecular weight is 452 g/mol. The molecule has 29 heavy (non-hydrogen) atoms. The SMILES string of the molecule is CC1CCCN(c2nc3ncnc(SCC(=O)Nc4ccc(F)cc4Cl)c3s2)C1. The maximum atomic E-state index is 13.1. The van der Waals surface area contributed by atoms with Gasteiger partial charge in [0.05, 0.1) is 16.5 Å². The number of hydrogen-bond donors (Lipinski definition) is 1. The Kier molecular flexibility index (Phi) is 6.17. The molecule has 1 aliphatic rings. The maximum Gasteiger partial charge on any atom is 0.234 e. The fourth-order valence-corrected chi connectivity index (χ4v) is 5.37. The number of halogens is 2. The Morgan fingerprint density at radius 3 is 3.10 bits per heavy atom. The molecule has 3 heterocycles. The second-order valence-electron chi connectivity index (χ2n) is 6.98. The van der Waals surface area contributed by atoms with Crippen LogP contribution in [0.15, 0.2) is 29.6 Å². The van der Waals surface area contributed by atoms with Gasteiger partial charge in [-0.05, 0) is 37.0 Å². The summed E-state index contributed by atoms with van der Waals surface area (Å²) in [6, 6.07) is 3.86. The number of piperidine rings is 1. The first-order chi connectivity index (χ1) is 14.0. The number of thiazole rings is 1. The van der Waals surface area contributed by atoms with Gasteiger partial charge in [0.1, 0.15) is 21.9 Å². The molecular weight excluding hydrogens is 433 g/mol. The number of anilines is 2.